The lowest BCUT2D eigenvalue weighted by Gasteiger charge is -2.26. The molecule has 1 aliphatic heterocycles. The second-order valence-electron chi connectivity index (χ2n) is 8.84. The third-order valence-electron chi connectivity index (χ3n) is 6.28. The van der Waals surface area contributed by atoms with Crippen LogP contribution in [0.15, 0.2) is 48.2 Å². The zero-order valence-electron chi connectivity index (χ0n) is 20.4. The summed E-state index contributed by atoms with van der Waals surface area (Å²) >= 11 is 0. The predicted molar refractivity (Wildman–Crippen MR) is 130 cm³/mol. The number of esters is 1. The highest BCUT2D eigenvalue weighted by Gasteiger charge is 2.46. The maximum atomic E-state index is 13.2. The molecule has 1 fully saturated rings. The lowest BCUT2D eigenvalue weighted by molar-refractivity contribution is -0.140. The Hall–Kier alpha value is -3.98. The molecule has 182 valence electrons. The van der Waals surface area contributed by atoms with E-state index in [2.05, 4.69) is 4.98 Å². The molecule has 9 nitrogen and oxygen atoms in total. The number of pyridine rings is 1. The maximum absolute atomic E-state index is 13.2. The fraction of sp³-hybridized carbons (Fsp3) is 0.308. The van der Waals surface area contributed by atoms with E-state index in [4.69, 9.17) is 4.74 Å². The molecule has 0 radical (unpaired) electrons. The number of carbonyl (C=O) groups excluding carboxylic acids is 3. The number of likely N-dealkylation sites (tertiary alicyclic amines) is 1. The first-order valence-electron chi connectivity index (χ1n) is 11.2. The van der Waals surface area contributed by atoms with Crippen molar-refractivity contribution in [3.8, 4) is 0 Å². The Bertz CT molecular complexity index is 1350. The number of fused-ring (bicyclic) bond motifs is 1. The molecule has 1 aromatic carbocycles. The predicted octanol–water partition coefficient (Wildman–Crippen LogP) is 2.72. The number of rotatable bonds is 6. The van der Waals surface area contributed by atoms with E-state index in [1.807, 2.05) is 48.6 Å². The standard InChI is InChI=1S/C26H28N4O5/c1-15-7-6-12-29-16(2)20(27-24(15)29)22(31)19-21(17-8-10-18(11-9-17)26(34)35-5)30(14-13-28(3)4)25(33)23(19)32/h6-12,21,31H,13-14H2,1-5H3. The molecule has 1 aliphatic rings. The van der Waals surface area contributed by atoms with Crippen LogP contribution >= 0.6 is 0 Å². The van der Waals surface area contributed by atoms with E-state index in [1.165, 1.54) is 12.0 Å². The van der Waals surface area contributed by atoms with Gasteiger partial charge >= 0.3 is 5.97 Å². The van der Waals surface area contributed by atoms with Crippen molar-refractivity contribution in [2.24, 2.45) is 0 Å². The maximum Gasteiger partial charge on any atom is 0.337 e. The molecule has 4 rings (SSSR count). The Balaban J connectivity index is 1.89. The number of imidazole rings is 1. The lowest BCUT2D eigenvalue weighted by Crippen LogP contribution is -2.35. The average Bonchev–Trinajstić information content (AvgIpc) is 3.31. The molecule has 9 heteroatoms. The van der Waals surface area contributed by atoms with Crippen molar-refractivity contribution in [2.75, 3.05) is 34.3 Å². The van der Waals surface area contributed by atoms with Crippen LogP contribution in [0.4, 0.5) is 0 Å². The van der Waals surface area contributed by atoms with Crippen LogP contribution in [-0.2, 0) is 14.3 Å². The minimum atomic E-state index is -0.827. The van der Waals surface area contributed by atoms with Crippen LogP contribution < -0.4 is 0 Å². The van der Waals surface area contributed by atoms with Gasteiger partial charge in [-0.2, -0.15) is 0 Å². The van der Waals surface area contributed by atoms with Gasteiger partial charge < -0.3 is 24.0 Å². The van der Waals surface area contributed by atoms with Crippen molar-refractivity contribution in [1.82, 2.24) is 19.2 Å². The zero-order valence-corrected chi connectivity index (χ0v) is 20.4. The summed E-state index contributed by atoms with van der Waals surface area (Å²) in [6.07, 6.45) is 1.83. The van der Waals surface area contributed by atoms with E-state index in [-0.39, 0.29) is 23.6 Å². The number of carbonyl (C=O) groups is 3. The molecule has 0 saturated carbocycles. The molecule has 0 aliphatic carbocycles. The van der Waals surface area contributed by atoms with Gasteiger partial charge in [0.05, 0.1) is 30.0 Å². The van der Waals surface area contributed by atoms with Gasteiger partial charge in [-0.05, 0) is 57.3 Å². The van der Waals surface area contributed by atoms with Crippen molar-refractivity contribution in [1.29, 1.82) is 0 Å². The van der Waals surface area contributed by atoms with E-state index in [0.29, 0.717) is 29.0 Å². The quantitative estimate of drug-likeness (QED) is 0.252. The van der Waals surface area contributed by atoms with E-state index < -0.39 is 23.7 Å². The highest BCUT2D eigenvalue weighted by atomic mass is 16.5. The molecule has 0 bridgehead atoms. The number of aliphatic hydroxyl groups is 1. The van der Waals surface area contributed by atoms with Gasteiger partial charge in [-0.1, -0.05) is 18.2 Å². The molecular weight excluding hydrogens is 448 g/mol. The summed E-state index contributed by atoms with van der Waals surface area (Å²) in [5.74, 6) is -2.27. The first kappa shape index (κ1) is 24.2. The first-order valence-corrected chi connectivity index (χ1v) is 11.2. The van der Waals surface area contributed by atoms with E-state index in [9.17, 15) is 19.5 Å². The molecule has 2 aromatic heterocycles. The zero-order chi connectivity index (χ0) is 25.4. The number of aromatic nitrogens is 2. The first-order chi connectivity index (χ1) is 16.6. The number of aryl methyl sites for hydroxylation is 2. The van der Waals surface area contributed by atoms with Crippen molar-refractivity contribution in [3.05, 3.63) is 76.2 Å². The molecule has 3 aromatic rings. The van der Waals surface area contributed by atoms with Crippen molar-refractivity contribution in [2.45, 2.75) is 19.9 Å². The van der Waals surface area contributed by atoms with E-state index in [1.54, 1.807) is 31.2 Å². The number of hydrogen-bond acceptors (Lipinski definition) is 7. The molecule has 0 spiro atoms. The topological polar surface area (TPSA) is 104 Å². The Kier molecular flexibility index (Phi) is 6.45. The fourth-order valence-electron chi connectivity index (χ4n) is 4.36. The van der Waals surface area contributed by atoms with E-state index in [0.717, 1.165) is 5.56 Å². The highest BCUT2D eigenvalue weighted by molar-refractivity contribution is 6.46. The molecule has 1 amide bonds. The van der Waals surface area contributed by atoms with Crippen LogP contribution in [0.25, 0.3) is 11.4 Å². The Morgan fingerprint density at radius 3 is 2.43 bits per heavy atom. The van der Waals surface area contributed by atoms with Gasteiger partial charge in [0, 0.05) is 19.3 Å². The smallest absolute Gasteiger partial charge is 0.337 e. The van der Waals surface area contributed by atoms with Crippen molar-refractivity contribution < 1.29 is 24.2 Å². The number of nitrogens with zero attached hydrogens (tertiary/aromatic N) is 4. The lowest BCUT2D eigenvalue weighted by atomic mass is 9.95. The average molecular weight is 477 g/mol. The van der Waals surface area contributed by atoms with Gasteiger partial charge in [0.15, 0.2) is 5.76 Å². The SMILES string of the molecule is COC(=O)c1ccc(C2C(=C(O)c3nc4c(C)cccn4c3C)C(=O)C(=O)N2CCN(C)C)cc1. The molecular formula is C26H28N4O5. The van der Waals surface area contributed by atoms with Crippen LogP contribution in [0.3, 0.4) is 0 Å². The minimum Gasteiger partial charge on any atom is -0.505 e. The normalized spacial score (nSPS) is 17.5. The summed E-state index contributed by atoms with van der Waals surface area (Å²) in [7, 11) is 5.05. The number of amides is 1. The number of Topliss-reactive ketones (excluding diaryl/α,β-unsaturated/α-hetero) is 1. The van der Waals surface area contributed by atoms with Gasteiger partial charge in [0.25, 0.3) is 11.7 Å². The summed E-state index contributed by atoms with van der Waals surface area (Å²) in [6.45, 7) is 4.52. The van der Waals surface area contributed by atoms with Gasteiger partial charge in [0.1, 0.15) is 11.3 Å². The van der Waals surface area contributed by atoms with Crippen LogP contribution in [0.2, 0.25) is 0 Å². The fourth-order valence-corrected chi connectivity index (χ4v) is 4.36. The second kappa shape index (κ2) is 9.34. The van der Waals surface area contributed by atoms with Crippen molar-refractivity contribution in [3.63, 3.8) is 0 Å². The number of methoxy groups -OCH3 is 1. The molecule has 1 atom stereocenters. The highest BCUT2D eigenvalue weighted by Crippen LogP contribution is 2.39. The third-order valence-corrected chi connectivity index (χ3v) is 6.28. The molecule has 35 heavy (non-hydrogen) atoms. The van der Waals surface area contributed by atoms with Gasteiger partial charge in [-0.25, -0.2) is 9.78 Å². The summed E-state index contributed by atoms with van der Waals surface area (Å²) < 4.78 is 6.61. The van der Waals surface area contributed by atoms with Crippen LogP contribution in [0, 0.1) is 13.8 Å². The van der Waals surface area contributed by atoms with Gasteiger partial charge in [-0.3, -0.25) is 9.59 Å². The summed E-state index contributed by atoms with van der Waals surface area (Å²) in [5, 5.41) is 11.4. The molecule has 1 N–H and O–H groups in total. The molecule has 3 heterocycles. The number of likely N-dealkylation sites (N-methyl/N-ethyl adjacent to an activating group) is 1. The second-order valence-corrected chi connectivity index (χ2v) is 8.84. The van der Waals surface area contributed by atoms with Gasteiger partial charge in [0.2, 0.25) is 0 Å². The third kappa shape index (κ3) is 4.19. The van der Waals surface area contributed by atoms with Gasteiger partial charge in [-0.15, -0.1) is 0 Å². The summed E-state index contributed by atoms with van der Waals surface area (Å²) in [5.41, 5.74) is 3.39. The number of hydrogen-bond donors (Lipinski definition) is 1. The molecule has 1 unspecified atom stereocenters. The number of benzene rings is 1. The molecule has 1 saturated heterocycles. The number of ketones is 1. The Morgan fingerprint density at radius 2 is 1.83 bits per heavy atom. The largest absolute Gasteiger partial charge is 0.505 e. The minimum absolute atomic E-state index is 0.0243. The monoisotopic (exact) mass is 476 g/mol. The van der Waals surface area contributed by atoms with Crippen LogP contribution in [-0.4, -0.2) is 76.2 Å². The van der Waals surface area contributed by atoms with E-state index >= 15 is 0 Å². The van der Waals surface area contributed by atoms with Crippen LogP contribution in [0.1, 0.15) is 38.9 Å². The van der Waals surface area contributed by atoms with Crippen LogP contribution in [0.5, 0.6) is 0 Å². The number of ether oxygens (including phenoxy) is 1. The summed E-state index contributed by atoms with van der Waals surface area (Å²) in [4.78, 5) is 46.2. The summed E-state index contributed by atoms with van der Waals surface area (Å²) in [6, 6.07) is 9.45. The number of aliphatic hydroxyl groups excluding tert-OH is 1. The van der Waals surface area contributed by atoms with Crippen molar-refractivity contribution >= 4 is 29.1 Å². The Labute approximate surface area is 203 Å². The Morgan fingerprint density at radius 1 is 1.14 bits per heavy atom.